The maximum absolute atomic E-state index is 12.1. The highest BCUT2D eigenvalue weighted by Gasteiger charge is 2.14. The SMILES string of the molecule is CCCCNC(=O)c1ccc(S(=O)(=O)NCCC(C)C)cc1. The van der Waals surface area contributed by atoms with Crippen molar-refractivity contribution in [1.29, 1.82) is 0 Å². The molecule has 2 N–H and O–H groups in total. The van der Waals surface area contributed by atoms with Crippen molar-refractivity contribution in [3.05, 3.63) is 29.8 Å². The van der Waals surface area contributed by atoms with Crippen LogP contribution in [0.25, 0.3) is 0 Å². The largest absolute Gasteiger partial charge is 0.352 e. The first-order valence-electron chi connectivity index (χ1n) is 7.74. The molecular weight excluding hydrogens is 300 g/mol. The Morgan fingerprint density at radius 2 is 1.77 bits per heavy atom. The molecule has 6 heteroatoms. The average molecular weight is 326 g/mol. The molecule has 0 aliphatic heterocycles. The van der Waals surface area contributed by atoms with Gasteiger partial charge >= 0.3 is 0 Å². The Bertz CT molecular complexity index is 566. The highest BCUT2D eigenvalue weighted by atomic mass is 32.2. The van der Waals surface area contributed by atoms with Crippen LogP contribution in [0.15, 0.2) is 29.2 Å². The molecule has 1 rings (SSSR count). The van der Waals surface area contributed by atoms with E-state index in [0.29, 0.717) is 24.6 Å². The quantitative estimate of drug-likeness (QED) is 0.685. The molecule has 0 aromatic heterocycles. The van der Waals surface area contributed by atoms with Gasteiger partial charge in [0.2, 0.25) is 10.0 Å². The van der Waals surface area contributed by atoms with E-state index in [9.17, 15) is 13.2 Å². The third-order valence-corrected chi connectivity index (χ3v) is 4.73. The molecule has 1 aromatic rings. The summed E-state index contributed by atoms with van der Waals surface area (Å²) in [5, 5.41) is 2.80. The van der Waals surface area contributed by atoms with Gasteiger partial charge in [-0.1, -0.05) is 27.2 Å². The summed E-state index contributed by atoms with van der Waals surface area (Å²) >= 11 is 0. The highest BCUT2D eigenvalue weighted by molar-refractivity contribution is 7.89. The molecule has 0 unspecified atom stereocenters. The smallest absolute Gasteiger partial charge is 0.251 e. The lowest BCUT2D eigenvalue weighted by Crippen LogP contribution is -2.26. The zero-order valence-electron chi connectivity index (χ0n) is 13.6. The summed E-state index contributed by atoms with van der Waals surface area (Å²) in [7, 11) is -3.50. The molecule has 124 valence electrons. The average Bonchev–Trinajstić information content (AvgIpc) is 2.47. The molecule has 0 bridgehead atoms. The van der Waals surface area contributed by atoms with E-state index in [1.54, 1.807) is 0 Å². The fraction of sp³-hybridized carbons (Fsp3) is 0.562. The van der Waals surface area contributed by atoms with Gasteiger partial charge < -0.3 is 5.32 Å². The van der Waals surface area contributed by atoms with Crippen molar-refractivity contribution in [2.45, 2.75) is 44.9 Å². The first-order chi connectivity index (χ1) is 10.4. The number of carbonyl (C=O) groups excluding carboxylic acids is 1. The highest BCUT2D eigenvalue weighted by Crippen LogP contribution is 2.11. The van der Waals surface area contributed by atoms with Crippen LogP contribution < -0.4 is 10.0 Å². The molecule has 5 nitrogen and oxygen atoms in total. The Morgan fingerprint density at radius 3 is 2.32 bits per heavy atom. The van der Waals surface area contributed by atoms with Crippen LogP contribution in [0.1, 0.15) is 50.4 Å². The number of benzene rings is 1. The molecule has 0 aliphatic rings. The number of hydrogen-bond donors (Lipinski definition) is 2. The minimum Gasteiger partial charge on any atom is -0.352 e. The molecule has 1 aromatic carbocycles. The van der Waals surface area contributed by atoms with Crippen molar-refractivity contribution >= 4 is 15.9 Å². The van der Waals surface area contributed by atoms with Crippen LogP contribution in [0.4, 0.5) is 0 Å². The van der Waals surface area contributed by atoms with Gasteiger partial charge in [-0.15, -0.1) is 0 Å². The van der Waals surface area contributed by atoms with Crippen LogP contribution >= 0.6 is 0 Å². The second-order valence-corrected chi connectivity index (χ2v) is 7.48. The minimum atomic E-state index is -3.50. The predicted molar refractivity (Wildman–Crippen MR) is 88.3 cm³/mol. The number of unbranched alkanes of at least 4 members (excludes halogenated alkanes) is 1. The third-order valence-electron chi connectivity index (χ3n) is 3.26. The monoisotopic (exact) mass is 326 g/mol. The summed E-state index contributed by atoms with van der Waals surface area (Å²) in [4.78, 5) is 12.0. The van der Waals surface area contributed by atoms with Crippen molar-refractivity contribution in [1.82, 2.24) is 10.0 Å². The zero-order valence-corrected chi connectivity index (χ0v) is 14.4. The second kappa shape index (κ2) is 8.90. The van der Waals surface area contributed by atoms with Crippen LogP contribution in [0.5, 0.6) is 0 Å². The summed E-state index contributed by atoms with van der Waals surface area (Å²) < 4.78 is 26.8. The van der Waals surface area contributed by atoms with Gasteiger partial charge in [0, 0.05) is 18.7 Å². The predicted octanol–water partition coefficient (Wildman–Crippen LogP) is 2.54. The van der Waals surface area contributed by atoms with Crippen molar-refractivity contribution in [2.24, 2.45) is 5.92 Å². The molecular formula is C16H26N2O3S. The number of rotatable bonds is 9. The number of carbonyl (C=O) groups is 1. The van der Waals surface area contributed by atoms with Gasteiger partial charge in [0.05, 0.1) is 4.90 Å². The molecule has 0 saturated heterocycles. The van der Waals surface area contributed by atoms with E-state index in [4.69, 9.17) is 0 Å². The van der Waals surface area contributed by atoms with Crippen LogP contribution in [-0.4, -0.2) is 27.4 Å². The summed E-state index contributed by atoms with van der Waals surface area (Å²) in [6.07, 6.45) is 2.73. The maximum Gasteiger partial charge on any atom is 0.251 e. The summed E-state index contributed by atoms with van der Waals surface area (Å²) in [6, 6.07) is 6.01. The van der Waals surface area contributed by atoms with E-state index in [1.807, 2.05) is 13.8 Å². The van der Waals surface area contributed by atoms with Gasteiger partial charge in [-0.05, 0) is 43.0 Å². The van der Waals surface area contributed by atoms with Crippen molar-refractivity contribution < 1.29 is 13.2 Å². The van der Waals surface area contributed by atoms with Crippen LogP contribution in [0, 0.1) is 5.92 Å². The van der Waals surface area contributed by atoms with E-state index in [2.05, 4.69) is 17.0 Å². The number of hydrogen-bond acceptors (Lipinski definition) is 3. The minimum absolute atomic E-state index is 0.176. The van der Waals surface area contributed by atoms with E-state index >= 15 is 0 Å². The zero-order chi connectivity index (χ0) is 16.6. The van der Waals surface area contributed by atoms with Gasteiger partial charge in [0.25, 0.3) is 5.91 Å². The van der Waals surface area contributed by atoms with Crippen LogP contribution in [-0.2, 0) is 10.0 Å². The van der Waals surface area contributed by atoms with E-state index in [0.717, 1.165) is 19.3 Å². The topological polar surface area (TPSA) is 75.3 Å². The molecule has 0 aliphatic carbocycles. The maximum atomic E-state index is 12.1. The number of amides is 1. The lowest BCUT2D eigenvalue weighted by atomic mass is 10.1. The summed E-state index contributed by atoms with van der Waals surface area (Å²) in [5.74, 6) is 0.266. The fourth-order valence-corrected chi connectivity index (χ4v) is 2.88. The van der Waals surface area contributed by atoms with Gasteiger partial charge in [0.1, 0.15) is 0 Å². The third kappa shape index (κ3) is 6.15. The van der Waals surface area contributed by atoms with E-state index < -0.39 is 10.0 Å². The first-order valence-corrected chi connectivity index (χ1v) is 9.23. The van der Waals surface area contributed by atoms with Crippen molar-refractivity contribution in [3.8, 4) is 0 Å². The van der Waals surface area contributed by atoms with E-state index in [-0.39, 0.29) is 10.8 Å². The van der Waals surface area contributed by atoms with Gasteiger partial charge in [0.15, 0.2) is 0 Å². The molecule has 1 amide bonds. The fourth-order valence-electron chi connectivity index (χ4n) is 1.83. The molecule has 0 atom stereocenters. The first kappa shape index (κ1) is 18.6. The Balaban J connectivity index is 2.65. The van der Waals surface area contributed by atoms with Crippen LogP contribution in [0.3, 0.4) is 0 Å². The molecule has 22 heavy (non-hydrogen) atoms. The van der Waals surface area contributed by atoms with E-state index in [1.165, 1.54) is 24.3 Å². The molecule has 0 spiro atoms. The molecule has 0 radical (unpaired) electrons. The van der Waals surface area contributed by atoms with Gasteiger partial charge in [-0.25, -0.2) is 13.1 Å². The van der Waals surface area contributed by atoms with Gasteiger partial charge in [-0.2, -0.15) is 0 Å². The Hall–Kier alpha value is -1.40. The van der Waals surface area contributed by atoms with Crippen molar-refractivity contribution in [3.63, 3.8) is 0 Å². The summed E-state index contributed by atoms with van der Waals surface area (Å²) in [5.41, 5.74) is 0.470. The number of sulfonamides is 1. The second-order valence-electron chi connectivity index (χ2n) is 5.71. The van der Waals surface area contributed by atoms with Crippen LogP contribution in [0.2, 0.25) is 0 Å². The molecule has 0 fully saturated rings. The molecule has 0 heterocycles. The Labute approximate surface area is 133 Å². The Morgan fingerprint density at radius 1 is 1.14 bits per heavy atom. The normalized spacial score (nSPS) is 11.6. The summed E-state index contributed by atoms with van der Waals surface area (Å²) in [6.45, 7) is 7.18. The number of nitrogens with one attached hydrogen (secondary N) is 2. The van der Waals surface area contributed by atoms with Crippen molar-refractivity contribution in [2.75, 3.05) is 13.1 Å². The van der Waals surface area contributed by atoms with Gasteiger partial charge in [-0.3, -0.25) is 4.79 Å². The lowest BCUT2D eigenvalue weighted by Gasteiger charge is -2.09. The molecule has 0 saturated carbocycles. The standard InChI is InChI=1S/C16H26N2O3S/c1-4-5-11-17-16(19)14-6-8-15(9-7-14)22(20,21)18-12-10-13(2)3/h6-9,13,18H,4-5,10-12H2,1-3H3,(H,17,19). The lowest BCUT2D eigenvalue weighted by molar-refractivity contribution is 0.0953. The Kier molecular flexibility index (Phi) is 7.55.